The lowest BCUT2D eigenvalue weighted by molar-refractivity contribution is -0.274. The van der Waals surface area contributed by atoms with Crippen molar-refractivity contribution in [2.24, 2.45) is 0 Å². The molecule has 1 heterocycles. The van der Waals surface area contributed by atoms with Crippen LogP contribution >= 0.6 is 11.6 Å². The first-order valence-electron chi connectivity index (χ1n) is 6.06. The molecule has 0 aliphatic carbocycles. The lowest BCUT2D eigenvalue weighted by Crippen LogP contribution is -2.17. The second-order valence-corrected chi connectivity index (χ2v) is 4.62. The van der Waals surface area contributed by atoms with Gasteiger partial charge in [0.25, 0.3) is 0 Å². The normalized spacial score (nSPS) is 13.2. The van der Waals surface area contributed by atoms with Crippen LogP contribution in [0.2, 0.25) is 5.02 Å². The fraction of sp³-hybridized carbons (Fsp3) is 0.308. The third-order valence-corrected chi connectivity index (χ3v) is 3.09. The first-order valence-corrected chi connectivity index (χ1v) is 6.44. The van der Waals surface area contributed by atoms with Crippen molar-refractivity contribution in [3.05, 3.63) is 46.7 Å². The molecule has 2 rings (SSSR count). The van der Waals surface area contributed by atoms with Gasteiger partial charge in [0, 0.05) is 6.54 Å². The van der Waals surface area contributed by atoms with Crippen LogP contribution < -0.4 is 4.74 Å². The molecule has 2 aromatic rings. The summed E-state index contributed by atoms with van der Waals surface area (Å²) in [6.07, 6.45) is -4.61. The standard InChI is InChI=1S/C13H12ClF3N2O2/c1-2-19-11(10(14)7-18-19)12(20)8-4-3-5-9(6-8)21-13(15,16)17/h3-7,12,20H,2H2,1H3. The van der Waals surface area contributed by atoms with Crippen molar-refractivity contribution in [2.75, 3.05) is 0 Å². The first-order chi connectivity index (χ1) is 9.81. The van der Waals surface area contributed by atoms with Gasteiger partial charge in [0.05, 0.1) is 16.9 Å². The summed E-state index contributed by atoms with van der Waals surface area (Å²) in [7, 11) is 0. The van der Waals surface area contributed by atoms with Crippen LogP contribution in [0.15, 0.2) is 30.5 Å². The Balaban J connectivity index is 2.33. The van der Waals surface area contributed by atoms with Gasteiger partial charge in [0.1, 0.15) is 11.9 Å². The molecule has 0 aliphatic rings. The minimum absolute atomic E-state index is 0.230. The summed E-state index contributed by atoms with van der Waals surface area (Å²) in [6.45, 7) is 2.28. The van der Waals surface area contributed by atoms with Crippen molar-refractivity contribution >= 4 is 11.6 Å². The maximum atomic E-state index is 12.2. The zero-order chi connectivity index (χ0) is 15.6. The molecule has 0 saturated carbocycles. The van der Waals surface area contributed by atoms with Gasteiger partial charge in [-0.1, -0.05) is 23.7 Å². The van der Waals surface area contributed by atoms with Crippen molar-refractivity contribution in [3.8, 4) is 5.75 Å². The lowest BCUT2D eigenvalue weighted by atomic mass is 10.1. The van der Waals surface area contributed by atoms with Gasteiger partial charge < -0.3 is 9.84 Å². The molecule has 0 fully saturated rings. The third kappa shape index (κ3) is 3.68. The fourth-order valence-corrected chi connectivity index (χ4v) is 2.18. The minimum atomic E-state index is -4.79. The number of alkyl halides is 3. The number of halogens is 4. The molecule has 0 radical (unpaired) electrons. The molecule has 1 unspecified atom stereocenters. The molecule has 1 aromatic carbocycles. The summed E-state index contributed by atoms with van der Waals surface area (Å²) in [6, 6.07) is 5.11. The summed E-state index contributed by atoms with van der Waals surface area (Å²) < 4.78 is 41.9. The number of hydrogen-bond acceptors (Lipinski definition) is 3. The second-order valence-electron chi connectivity index (χ2n) is 4.22. The van der Waals surface area contributed by atoms with Crippen LogP contribution in [-0.4, -0.2) is 21.2 Å². The van der Waals surface area contributed by atoms with Crippen LogP contribution in [0.4, 0.5) is 13.2 Å². The van der Waals surface area contributed by atoms with Gasteiger partial charge in [-0.05, 0) is 24.6 Å². The topological polar surface area (TPSA) is 47.3 Å². The summed E-state index contributed by atoms with van der Waals surface area (Å²) in [4.78, 5) is 0. The summed E-state index contributed by atoms with van der Waals surface area (Å²) >= 11 is 5.96. The number of rotatable bonds is 4. The van der Waals surface area contributed by atoms with E-state index in [0.717, 1.165) is 12.1 Å². The zero-order valence-electron chi connectivity index (χ0n) is 10.9. The highest BCUT2D eigenvalue weighted by molar-refractivity contribution is 6.31. The monoisotopic (exact) mass is 320 g/mol. The van der Waals surface area contributed by atoms with Gasteiger partial charge >= 0.3 is 6.36 Å². The van der Waals surface area contributed by atoms with Crippen molar-refractivity contribution in [1.82, 2.24) is 9.78 Å². The van der Waals surface area contributed by atoms with Crippen LogP contribution in [0.5, 0.6) is 5.75 Å². The largest absolute Gasteiger partial charge is 0.573 e. The first kappa shape index (κ1) is 15.7. The van der Waals surface area contributed by atoms with E-state index in [9.17, 15) is 18.3 Å². The van der Waals surface area contributed by atoms with Gasteiger partial charge in [0.15, 0.2) is 0 Å². The van der Waals surface area contributed by atoms with Gasteiger partial charge in [-0.15, -0.1) is 13.2 Å². The Labute approximate surface area is 123 Å². The molecular weight excluding hydrogens is 309 g/mol. The number of benzene rings is 1. The fourth-order valence-electron chi connectivity index (χ4n) is 1.94. The molecule has 0 spiro atoms. The molecule has 4 nitrogen and oxygen atoms in total. The number of aliphatic hydroxyl groups excluding tert-OH is 1. The number of hydrogen-bond donors (Lipinski definition) is 1. The molecule has 21 heavy (non-hydrogen) atoms. The van der Waals surface area contributed by atoms with Crippen molar-refractivity contribution < 1.29 is 23.0 Å². The summed E-state index contributed by atoms with van der Waals surface area (Å²) in [5, 5.41) is 14.5. The van der Waals surface area contributed by atoms with Crippen LogP contribution in [0.25, 0.3) is 0 Å². The van der Waals surface area contributed by atoms with Gasteiger partial charge in [-0.2, -0.15) is 5.10 Å². The Hall–Kier alpha value is -1.73. The van der Waals surface area contributed by atoms with Crippen molar-refractivity contribution in [3.63, 3.8) is 0 Å². The molecular formula is C13H12ClF3N2O2. The van der Waals surface area contributed by atoms with E-state index in [1.807, 2.05) is 6.92 Å². The highest BCUT2D eigenvalue weighted by atomic mass is 35.5. The molecule has 0 aliphatic heterocycles. The van der Waals surface area contributed by atoms with Crippen molar-refractivity contribution in [2.45, 2.75) is 25.9 Å². The predicted molar refractivity (Wildman–Crippen MR) is 70.1 cm³/mol. The van der Waals surface area contributed by atoms with E-state index in [2.05, 4.69) is 9.84 Å². The summed E-state index contributed by atoms with van der Waals surface area (Å²) in [5.74, 6) is -0.405. The highest BCUT2D eigenvalue weighted by Crippen LogP contribution is 2.31. The molecule has 114 valence electrons. The number of aromatic nitrogens is 2. The zero-order valence-corrected chi connectivity index (χ0v) is 11.7. The Morgan fingerprint density at radius 1 is 1.43 bits per heavy atom. The molecule has 0 bridgehead atoms. The van der Waals surface area contributed by atoms with E-state index < -0.39 is 18.2 Å². The van der Waals surface area contributed by atoms with E-state index in [1.165, 1.54) is 23.0 Å². The van der Waals surface area contributed by atoms with E-state index in [1.54, 1.807) is 0 Å². The molecule has 0 amide bonds. The molecule has 1 N–H and O–H groups in total. The SMILES string of the molecule is CCn1ncc(Cl)c1C(O)c1cccc(OC(F)(F)F)c1. The molecule has 1 aromatic heterocycles. The summed E-state index contributed by atoms with van der Waals surface area (Å²) in [5.41, 5.74) is 0.553. The number of ether oxygens (including phenoxy) is 1. The van der Waals surface area contributed by atoms with E-state index >= 15 is 0 Å². The Bertz CT molecular complexity index is 628. The Morgan fingerprint density at radius 3 is 2.76 bits per heavy atom. The van der Waals surface area contributed by atoms with Crippen LogP contribution in [0.1, 0.15) is 24.3 Å². The average Bonchev–Trinajstić information content (AvgIpc) is 2.77. The second kappa shape index (κ2) is 5.95. The van der Waals surface area contributed by atoms with Gasteiger partial charge in [-0.3, -0.25) is 4.68 Å². The average molecular weight is 321 g/mol. The van der Waals surface area contributed by atoms with Crippen molar-refractivity contribution in [1.29, 1.82) is 0 Å². The van der Waals surface area contributed by atoms with E-state index in [0.29, 0.717) is 12.2 Å². The number of nitrogens with zero attached hydrogens (tertiary/aromatic N) is 2. The van der Waals surface area contributed by atoms with Gasteiger partial charge in [0.2, 0.25) is 0 Å². The minimum Gasteiger partial charge on any atom is -0.406 e. The van der Waals surface area contributed by atoms with Crippen LogP contribution in [0, 0.1) is 0 Å². The predicted octanol–water partition coefficient (Wildman–Crippen LogP) is 3.54. The quantitative estimate of drug-likeness (QED) is 0.937. The van der Waals surface area contributed by atoms with Crippen LogP contribution in [-0.2, 0) is 6.54 Å². The number of aryl methyl sites for hydroxylation is 1. The maximum Gasteiger partial charge on any atom is 0.573 e. The Morgan fingerprint density at radius 2 is 2.14 bits per heavy atom. The lowest BCUT2D eigenvalue weighted by Gasteiger charge is -2.15. The smallest absolute Gasteiger partial charge is 0.406 e. The molecule has 0 saturated heterocycles. The Kier molecular flexibility index (Phi) is 4.43. The third-order valence-electron chi connectivity index (χ3n) is 2.80. The van der Waals surface area contributed by atoms with E-state index in [-0.39, 0.29) is 10.6 Å². The highest BCUT2D eigenvalue weighted by Gasteiger charge is 2.31. The molecule has 8 heteroatoms. The number of aliphatic hydroxyl groups is 1. The maximum absolute atomic E-state index is 12.2. The van der Waals surface area contributed by atoms with E-state index in [4.69, 9.17) is 11.6 Å². The van der Waals surface area contributed by atoms with Gasteiger partial charge in [-0.25, -0.2) is 0 Å². The van der Waals surface area contributed by atoms with Crippen LogP contribution in [0.3, 0.4) is 0 Å². The molecule has 1 atom stereocenters.